The second kappa shape index (κ2) is 6.40. The van der Waals surface area contributed by atoms with Crippen molar-refractivity contribution in [1.82, 2.24) is 0 Å². The summed E-state index contributed by atoms with van der Waals surface area (Å²) in [6.07, 6.45) is -0.0353. The molecule has 0 radical (unpaired) electrons. The first-order valence-electron chi connectivity index (χ1n) is 5.09. The normalized spacial score (nSPS) is 36.8. The first-order valence-corrected chi connectivity index (χ1v) is 5.09. The van der Waals surface area contributed by atoms with Crippen LogP contribution in [0.5, 0.6) is 0 Å². The van der Waals surface area contributed by atoms with Gasteiger partial charge in [-0.2, -0.15) is 0 Å². The molecule has 0 amide bonds. The molecule has 15 heavy (non-hydrogen) atoms. The molecular formula is C10H20O5. The largest absolute Gasteiger partial charge is 0.396 e. The van der Waals surface area contributed by atoms with Crippen molar-refractivity contribution in [2.45, 2.75) is 30.8 Å². The van der Waals surface area contributed by atoms with E-state index in [9.17, 15) is 0 Å². The van der Waals surface area contributed by atoms with E-state index in [0.29, 0.717) is 13.0 Å². The van der Waals surface area contributed by atoms with Gasteiger partial charge in [-0.05, 0) is 6.42 Å². The van der Waals surface area contributed by atoms with Crippen LogP contribution >= 0.6 is 0 Å². The van der Waals surface area contributed by atoms with Gasteiger partial charge in [-0.25, -0.2) is 0 Å². The minimum Gasteiger partial charge on any atom is -0.396 e. The van der Waals surface area contributed by atoms with Crippen LogP contribution in [0.15, 0.2) is 0 Å². The Balaban J connectivity index is 2.65. The van der Waals surface area contributed by atoms with Crippen LogP contribution in [0.3, 0.4) is 0 Å². The Labute approximate surface area is 90.3 Å². The van der Waals surface area contributed by atoms with Crippen LogP contribution in [0, 0.1) is 0 Å². The van der Waals surface area contributed by atoms with Crippen molar-refractivity contribution in [1.29, 1.82) is 0 Å². The van der Waals surface area contributed by atoms with Crippen molar-refractivity contribution < 1.29 is 24.1 Å². The molecule has 1 N–H and O–H groups in total. The lowest BCUT2D eigenvalue weighted by Gasteiger charge is -2.40. The standard InChI is InChI=1S/C10H20O5/c1-12-8-6-15-7(4-5-11)9(13-2)10(8)14-3/h7-11H,4-6H2,1-3H3/t7?,8?,9-,10+/m1/s1. The molecule has 1 saturated heterocycles. The van der Waals surface area contributed by atoms with Gasteiger partial charge in [-0.1, -0.05) is 0 Å². The minimum atomic E-state index is -0.194. The minimum absolute atomic E-state index is 0.0820. The predicted octanol–water partition coefficient (Wildman–Crippen LogP) is -0.187. The first-order chi connectivity index (χ1) is 7.28. The summed E-state index contributed by atoms with van der Waals surface area (Å²) >= 11 is 0. The van der Waals surface area contributed by atoms with Crippen molar-refractivity contribution in [3.8, 4) is 0 Å². The maximum atomic E-state index is 8.91. The molecule has 0 aromatic rings. The van der Waals surface area contributed by atoms with Crippen LogP contribution < -0.4 is 0 Å². The SMILES string of the molecule is COC1COC(CCO)[C@@H](OC)[C@H]1OC. The average molecular weight is 220 g/mol. The molecule has 2 unspecified atom stereocenters. The van der Waals surface area contributed by atoms with E-state index in [2.05, 4.69) is 0 Å². The summed E-state index contributed by atoms with van der Waals surface area (Å²) < 4.78 is 21.5. The van der Waals surface area contributed by atoms with Gasteiger partial charge in [0.05, 0.1) is 12.7 Å². The van der Waals surface area contributed by atoms with Crippen molar-refractivity contribution in [3.63, 3.8) is 0 Å². The lowest BCUT2D eigenvalue weighted by molar-refractivity contribution is -0.213. The number of rotatable bonds is 5. The first kappa shape index (κ1) is 12.9. The van der Waals surface area contributed by atoms with Crippen molar-refractivity contribution >= 4 is 0 Å². The summed E-state index contributed by atoms with van der Waals surface area (Å²) in [6, 6.07) is 0. The van der Waals surface area contributed by atoms with E-state index in [1.54, 1.807) is 21.3 Å². The summed E-state index contributed by atoms with van der Waals surface area (Å²) in [4.78, 5) is 0. The highest BCUT2D eigenvalue weighted by atomic mass is 16.6. The Hall–Kier alpha value is -0.200. The van der Waals surface area contributed by atoms with Gasteiger partial charge in [0.1, 0.15) is 18.3 Å². The Morgan fingerprint density at radius 3 is 2.27 bits per heavy atom. The molecule has 0 bridgehead atoms. The van der Waals surface area contributed by atoms with E-state index in [1.165, 1.54) is 0 Å². The maximum absolute atomic E-state index is 8.91. The van der Waals surface area contributed by atoms with Gasteiger partial charge in [-0.15, -0.1) is 0 Å². The molecule has 1 rings (SSSR count). The third kappa shape index (κ3) is 2.89. The zero-order valence-corrected chi connectivity index (χ0v) is 9.51. The fourth-order valence-corrected chi connectivity index (χ4v) is 1.98. The second-order valence-corrected chi connectivity index (χ2v) is 3.56. The fourth-order valence-electron chi connectivity index (χ4n) is 1.98. The highest BCUT2D eigenvalue weighted by Gasteiger charge is 2.40. The number of hydrogen-bond acceptors (Lipinski definition) is 5. The molecule has 0 saturated carbocycles. The van der Waals surface area contributed by atoms with Crippen LogP contribution in [0.25, 0.3) is 0 Å². The topological polar surface area (TPSA) is 57.2 Å². The summed E-state index contributed by atoms with van der Waals surface area (Å²) in [6.45, 7) is 0.554. The number of methoxy groups -OCH3 is 3. The van der Waals surface area contributed by atoms with E-state index in [4.69, 9.17) is 24.1 Å². The molecule has 1 aliphatic rings. The second-order valence-electron chi connectivity index (χ2n) is 3.56. The van der Waals surface area contributed by atoms with Crippen LogP contribution in [0.2, 0.25) is 0 Å². The fraction of sp³-hybridized carbons (Fsp3) is 1.00. The molecule has 5 nitrogen and oxygen atoms in total. The summed E-state index contributed by atoms with van der Waals surface area (Å²) in [5, 5.41) is 8.91. The summed E-state index contributed by atoms with van der Waals surface area (Å²) in [5.41, 5.74) is 0. The monoisotopic (exact) mass is 220 g/mol. The molecule has 0 aromatic heterocycles. The maximum Gasteiger partial charge on any atom is 0.114 e. The van der Waals surface area contributed by atoms with E-state index < -0.39 is 0 Å². The molecule has 1 heterocycles. The highest BCUT2D eigenvalue weighted by molar-refractivity contribution is 4.89. The van der Waals surface area contributed by atoms with Gasteiger partial charge in [-0.3, -0.25) is 0 Å². The molecule has 0 aliphatic carbocycles. The Kier molecular flexibility index (Phi) is 5.49. The van der Waals surface area contributed by atoms with Crippen LogP contribution in [-0.2, 0) is 18.9 Å². The third-order valence-corrected chi connectivity index (χ3v) is 2.79. The quantitative estimate of drug-likeness (QED) is 0.696. The van der Waals surface area contributed by atoms with Gasteiger partial charge in [0.15, 0.2) is 0 Å². The van der Waals surface area contributed by atoms with Crippen molar-refractivity contribution in [2.75, 3.05) is 34.5 Å². The van der Waals surface area contributed by atoms with E-state index >= 15 is 0 Å². The molecule has 1 aliphatic heterocycles. The smallest absolute Gasteiger partial charge is 0.114 e. The van der Waals surface area contributed by atoms with Gasteiger partial charge >= 0.3 is 0 Å². The number of hydrogen-bond donors (Lipinski definition) is 1. The molecule has 5 heteroatoms. The predicted molar refractivity (Wildman–Crippen MR) is 53.8 cm³/mol. The highest BCUT2D eigenvalue weighted by Crippen LogP contribution is 2.23. The van der Waals surface area contributed by atoms with Crippen LogP contribution in [-0.4, -0.2) is 64.1 Å². The Morgan fingerprint density at radius 1 is 1.13 bits per heavy atom. The van der Waals surface area contributed by atoms with Crippen LogP contribution in [0.1, 0.15) is 6.42 Å². The number of aliphatic hydroxyl groups is 1. The molecule has 4 atom stereocenters. The number of ether oxygens (including phenoxy) is 4. The zero-order valence-electron chi connectivity index (χ0n) is 9.51. The molecular weight excluding hydrogens is 200 g/mol. The van der Waals surface area contributed by atoms with Crippen LogP contribution in [0.4, 0.5) is 0 Å². The number of aliphatic hydroxyl groups excluding tert-OH is 1. The zero-order chi connectivity index (χ0) is 11.3. The van der Waals surface area contributed by atoms with Gasteiger partial charge in [0.25, 0.3) is 0 Å². The molecule has 0 spiro atoms. The lowest BCUT2D eigenvalue weighted by atomic mass is 9.97. The molecule has 90 valence electrons. The van der Waals surface area contributed by atoms with E-state index in [0.717, 1.165) is 0 Å². The van der Waals surface area contributed by atoms with Crippen molar-refractivity contribution in [2.24, 2.45) is 0 Å². The molecule has 1 fully saturated rings. The van der Waals surface area contributed by atoms with E-state index in [1.807, 2.05) is 0 Å². The van der Waals surface area contributed by atoms with Crippen molar-refractivity contribution in [3.05, 3.63) is 0 Å². The summed E-state index contributed by atoms with van der Waals surface area (Å²) in [7, 11) is 4.87. The summed E-state index contributed by atoms with van der Waals surface area (Å²) in [5.74, 6) is 0. The third-order valence-electron chi connectivity index (χ3n) is 2.79. The van der Waals surface area contributed by atoms with Gasteiger partial charge < -0.3 is 24.1 Å². The Morgan fingerprint density at radius 2 is 1.80 bits per heavy atom. The van der Waals surface area contributed by atoms with Gasteiger partial charge in [0.2, 0.25) is 0 Å². The van der Waals surface area contributed by atoms with Gasteiger partial charge in [0, 0.05) is 27.9 Å². The average Bonchev–Trinajstić information content (AvgIpc) is 2.28. The lowest BCUT2D eigenvalue weighted by Crippen LogP contribution is -2.55. The van der Waals surface area contributed by atoms with E-state index in [-0.39, 0.29) is 31.0 Å². The Bertz CT molecular complexity index is 175. The molecule has 0 aromatic carbocycles.